The Morgan fingerprint density at radius 3 is 2.33 bits per heavy atom. The third-order valence-corrected chi connectivity index (χ3v) is 4.64. The summed E-state index contributed by atoms with van der Waals surface area (Å²) in [6.07, 6.45) is 2.86. The second-order valence-electron chi connectivity index (χ2n) is 6.17. The summed E-state index contributed by atoms with van der Waals surface area (Å²) in [5.74, 6) is 0. The maximum Gasteiger partial charge on any atom is 0.258 e. The van der Waals surface area contributed by atoms with Crippen molar-refractivity contribution in [2.75, 3.05) is 16.7 Å². The highest BCUT2D eigenvalue weighted by Gasteiger charge is 2.12. The molecule has 3 N–H and O–H groups in total. The van der Waals surface area contributed by atoms with Gasteiger partial charge in [0.1, 0.15) is 0 Å². The minimum absolute atomic E-state index is 0.132. The van der Waals surface area contributed by atoms with Crippen LogP contribution >= 0.6 is 0 Å². The van der Waals surface area contributed by atoms with Gasteiger partial charge in [0, 0.05) is 29.9 Å². The molecule has 27 heavy (non-hydrogen) atoms. The number of sulfonamides is 1. The van der Waals surface area contributed by atoms with Crippen molar-refractivity contribution < 1.29 is 8.42 Å². The molecule has 3 aromatic rings. The number of nitrogens with one attached hydrogen (secondary N) is 1. The number of benzene rings is 2. The van der Waals surface area contributed by atoms with E-state index in [-0.39, 0.29) is 5.56 Å². The van der Waals surface area contributed by atoms with Gasteiger partial charge in [-0.3, -0.25) is 9.52 Å². The van der Waals surface area contributed by atoms with Gasteiger partial charge in [0.2, 0.25) is 10.0 Å². The Morgan fingerprint density at radius 2 is 1.70 bits per heavy atom. The lowest BCUT2D eigenvalue weighted by molar-refractivity contribution is 0.607. The van der Waals surface area contributed by atoms with Crippen molar-refractivity contribution in [1.82, 2.24) is 4.57 Å². The smallest absolute Gasteiger partial charge is 0.258 e. The molecule has 0 amide bonds. The molecule has 3 rings (SSSR count). The van der Waals surface area contributed by atoms with E-state index in [1.807, 2.05) is 39.0 Å². The number of aromatic nitrogens is 1. The van der Waals surface area contributed by atoms with Crippen LogP contribution in [0.5, 0.6) is 0 Å². The van der Waals surface area contributed by atoms with Gasteiger partial charge >= 0.3 is 0 Å². The van der Waals surface area contributed by atoms with Crippen molar-refractivity contribution in [3.63, 3.8) is 0 Å². The van der Waals surface area contributed by atoms with E-state index in [1.165, 1.54) is 4.57 Å². The molecule has 144 valence electrons. The molecule has 0 bridgehead atoms. The fourth-order valence-corrected chi connectivity index (χ4v) is 3.43. The van der Waals surface area contributed by atoms with Gasteiger partial charge < -0.3 is 10.3 Å². The Balaban J connectivity index is 0.00000126. The molecule has 0 aliphatic rings. The largest absolute Gasteiger partial charge is 0.399 e. The van der Waals surface area contributed by atoms with Crippen molar-refractivity contribution in [1.29, 1.82) is 0 Å². The van der Waals surface area contributed by atoms with Crippen LogP contribution < -0.4 is 16.0 Å². The molecule has 6 nitrogen and oxygen atoms in total. The fraction of sp³-hybridized carbons (Fsp3) is 0.250. The SMILES string of the molecule is CC.Cc1ccc(-c2cn(C)c(=O)c3cc(N)ccc23)cc1NS(C)(=O)=O. The minimum atomic E-state index is -3.38. The zero-order valence-electron chi connectivity index (χ0n) is 16.2. The number of nitrogens with zero attached hydrogens (tertiary/aromatic N) is 1. The normalized spacial score (nSPS) is 11.0. The number of pyridine rings is 1. The van der Waals surface area contributed by atoms with Crippen molar-refractivity contribution in [2.45, 2.75) is 20.8 Å². The molecule has 1 aromatic heterocycles. The van der Waals surface area contributed by atoms with Crippen LogP contribution in [-0.4, -0.2) is 19.2 Å². The van der Waals surface area contributed by atoms with Crippen LogP contribution in [0.4, 0.5) is 11.4 Å². The summed E-state index contributed by atoms with van der Waals surface area (Å²) in [6.45, 7) is 5.83. The lowest BCUT2D eigenvalue weighted by Gasteiger charge is -2.13. The molecule has 0 fully saturated rings. The fourth-order valence-electron chi connectivity index (χ4n) is 2.81. The summed E-state index contributed by atoms with van der Waals surface area (Å²) in [7, 11) is -1.70. The molecule has 0 aliphatic carbocycles. The highest BCUT2D eigenvalue weighted by molar-refractivity contribution is 7.92. The third kappa shape index (κ3) is 4.49. The van der Waals surface area contributed by atoms with E-state index in [0.29, 0.717) is 16.8 Å². The molecular weight excluding hydrogens is 362 g/mol. The number of nitrogens with two attached hydrogens (primary N) is 1. The van der Waals surface area contributed by atoms with E-state index >= 15 is 0 Å². The van der Waals surface area contributed by atoms with Gasteiger partial charge in [-0.05, 0) is 41.6 Å². The number of fused-ring (bicyclic) bond motifs is 1. The Morgan fingerprint density at radius 1 is 1.04 bits per heavy atom. The van der Waals surface area contributed by atoms with E-state index in [2.05, 4.69) is 4.72 Å². The second kappa shape index (κ2) is 7.84. The average Bonchev–Trinajstić information content (AvgIpc) is 2.61. The standard InChI is InChI=1S/C18H19N3O3S.C2H6/c1-11-4-5-12(8-17(11)20-25(3,23)24)16-10-21(2)18(22)15-9-13(19)6-7-14(15)16;1-2/h4-10,20H,19H2,1-3H3;1-2H3. The van der Waals surface area contributed by atoms with E-state index in [9.17, 15) is 13.2 Å². The van der Waals surface area contributed by atoms with Gasteiger partial charge in [-0.25, -0.2) is 8.42 Å². The lowest BCUT2D eigenvalue weighted by atomic mass is 9.98. The van der Waals surface area contributed by atoms with Crippen LogP contribution in [0.3, 0.4) is 0 Å². The van der Waals surface area contributed by atoms with E-state index in [1.54, 1.807) is 31.4 Å². The Hall–Kier alpha value is -2.80. The molecule has 0 unspecified atom stereocenters. The number of hydrogen-bond donors (Lipinski definition) is 2. The zero-order valence-corrected chi connectivity index (χ0v) is 17.0. The van der Waals surface area contributed by atoms with Crippen LogP contribution in [0.25, 0.3) is 21.9 Å². The second-order valence-corrected chi connectivity index (χ2v) is 7.92. The third-order valence-electron chi connectivity index (χ3n) is 4.05. The maximum atomic E-state index is 12.4. The minimum Gasteiger partial charge on any atom is -0.399 e. The molecule has 7 heteroatoms. The molecule has 0 saturated carbocycles. The van der Waals surface area contributed by atoms with Gasteiger partial charge in [0.25, 0.3) is 5.56 Å². The molecule has 0 atom stereocenters. The molecule has 0 radical (unpaired) electrons. The van der Waals surface area contributed by atoms with Crippen LogP contribution in [0.1, 0.15) is 19.4 Å². The molecule has 0 saturated heterocycles. The topological polar surface area (TPSA) is 94.2 Å². The number of rotatable bonds is 3. The van der Waals surface area contributed by atoms with Crippen LogP contribution in [0.15, 0.2) is 47.4 Å². The Labute approximate surface area is 159 Å². The van der Waals surface area contributed by atoms with Crippen LogP contribution in [0, 0.1) is 6.92 Å². The van der Waals surface area contributed by atoms with Crippen LogP contribution in [-0.2, 0) is 17.1 Å². The number of nitrogen functional groups attached to an aromatic ring is 1. The van der Waals surface area contributed by atoms with Crippen molar-refractivity contribution >= 4 is 32.2 Å². The van der Waals surface area contributed by atoms with Gasteiger partial charge in [-0.15, -0.1) is 0 Å². The first-order valence-electron chi connectivity index (χ1n) is 8.63. The molecule has 0 spiro atoms. The molecule has 2 aromatic carbocycles. The van der Waals surface area contributed by atoms with Crippen molar-refractivity contribution in [2.24, 2.45) is 7.05 Å². The van der Waals surface area contributed by atoms with Crippen LogP contribution in [0.2, 0.25) is 0 Å². The Kier molecular flexibility index (Phi) is 5.95. The van der Waals surface area contributed by atoms with Crippen molar-refractivity contribution in [3.8, 4) is 11.1 Å². The van der Waals surface area contributed by atoms with Gasteiger partial charge in [0.05, 0.1) is 11.9 Å². The quantitative estimate of drug-likeness (QED) is 0.673. The van der Waals surface area contributed by atoms with E-state index in [4.69, 9.17) is 5.73 Å². The zero-order chi connectivity index (χ0) is 20.4. The summed E-state index contributed by atoms with van der Waals surface area (Å²) in [5, 5.41) is 1.30. The summed E-state index contributed by atoms with van der Waals surface area (Å²) >= 11 is 0. The first-order valence-corrected chi connectivity index (χ1v) is 10.5. The number of anilines is 2. The first-order chi connectivity index (χ1) is 12.7. The summed E-state index contributed by atoms with van der Waals surface area (Å²) in [5.41, 5.74) is 9.17. The average molecular weight is 388 g/mol. The summed E-state index contributed by atoms with van der Waals surface area (Å²) < 4.78 is 27.2. The summed E-state index contributed by atoms with van der Waals surface area (Å²) in [4.78, 5) is 12.4. The van der Waals surface area contributed by atoms with Gasteiger partial charge in [-0.1, -0.05) is 32.0 Å². The van der Waals surface area contributed by atoms with Gasteiger partial charge in [0.15, 0.2) is 0 Å². The van der Waals surface area contributed by atoms with E-state index < -0.39 is 10.0 Å². The summed E-state index contributed by atoms with van der Waals surface area (Å²) in [6, 6.07) is 10.7. The first kappa shape index (κ1) is 20.5. The van der Waals surface area contributed by atoms with E-state index in [0.717, 1.165) is 28.3 Å². The molecular formula is C20H25N3O3S. The maximum absolute atomic E-state index is 12.4. The predicted molar refractivity (Wildman–Crippen MR) is 114 cm³/mol. The highest BCUT2D eigenvalue weighted by atomic mass is 32.2. The predicted octanol–water partition coefficient (Wildman–Crippen LogP) is 3.49. The highest BCUT2D eigenvalue weighted by Crippen LogP contribution is 2.31. The van der Waals surface area contributed by atoms with Crippen molar-refractivity contribution in [3.05, 3.63) is 58.5 Å². The monoisotopic (exact) mass is 387 g/mol. The number of hydrogen-bond acceptors (Lipinski definition) is 4. The van der Waals surface area contributed by atoms with Gasteiger partial charge in [-0.2, -0.15) is 0 Å². The molecule has 1 heterocycles. The molecule has 0 aliphatic heterocycles. The number of aryl methyl sites for hydroxylation is 2. The lowest BCUT2D eigenvalue weighted by Crippen LogP contribution is -2.16. The Bertz CT molecular complexity index is 1150.